The number of para-hydroxylation sites is 1. The van der Waals surface area contributed by atoms with E-state index in [0.717, 1.165) is 50.0 Å². The van der Waals surface area contributed by atoms with Gasteiger partial charge < -0.3 is 14.9 Å². The fourth-order valence-corrected chi connectivity index (χ4v) is 3.26. The van der Waals surface area contributed by atoms with Crippen molar-refractivity contribution in [3.8, 4) is 5.75 Å². The molecule has 0 heterocycles. The van der Waals surface area contributed by atoms with Crippen LogP contribution in [0, 0.1) is 0 Å². The molecule has 0 radical (unpaired) electrons. The van der Waals surface area contributed by atoms with Crippen LogP contribution < -0.4 is 4.74 Å². The third kappa shape index (κ3) is 8.87. The molecule has 28 heavy (non-hydrogen) atoms. The minimum atomic E-state index is -0.296. The van der Waals surface area contributed by atoms with Crippen LogP contribution in [0.2, 0.25) is 0 Å². The van der Waals surface area contributed by atoms with Crippen molar-refractivity contribution < 1.29 is 14.9 Å². The van der Waals surface area contributed by atoms with Crippen LogP contribution in [-0.2, 0) is 13.0 Å². The van der Waals surface area contributed by atoms with Crippen molar-refractivity contribution in [1.29, 1.82) is 0 Å². The lowest BCUT2D eigenvalue weighted by molar-refractivity contribution is 0.0914. The number of nitrogens with zero attached hydrogens (tertiary/aromatic N) is 1. The van der Waals surface area contributed by atoms with E-state index in [-0.39, 0.29) is 12.7 Å². The Morgan fingerprint density at radius 1 is 0.929 bits per heavy atom. The van der Waals surface area contributed by atoms with Crippen LogP contribution in [0.1, 0.15) is 43.7 Å². The molecule has 0 aliphatic heterocycles. The Balaban J connectivity index is 1.72. The lowest BCUT2D eigenvalue weighted by atomic mass is 10.1. The van der Waals surface area contributed by atoms with E-state index in [9.17, 15) is 10.2 Å². The van der Waals surface area contributed by atoms with Gasteiger partial charge in [0.2, 0.25) is 0 Å². The standard InChI is InChI=1S/C24H35NO3/c1-2-3-9-23(27)19-25(17-18-26)16-7-8-21-12-14-22(15-13-21)20-28-24-10-5-4-6-11-24/h4-6,10-15,23,26-27H,2-3,7-9,16-20H2,1H3/t23-/m1/s1. The quantitative estimate of drug-likeness (QED) is 0.515. The number of aliphatic hydroxyl groups excluding tert-OH is 2. The molecule has 0 fully saturated rings. The largest absolute Gasteiger partial charge is 0.489 e. The number of rotatable bonds is 14. The molecule has 1 atom stereocenters. The van der Waals surface area contributed by atoms with Crippen molar-refractivity contribution in [2.24, 2.45) is 0 Å². The zero-order chi connectivity index (χ0) is 20.0. The first-order chi connectivity index (χ1) is 13.7. The van der Waals surface area contributed by atoms with E-state index in [1.54, 1.807) is 0 Å². The molecule has 2 rings (SSSR count). The van der Waals surface area contributed by atoms with E-state index in [1.807, 2.05) is 30.3 Å². The van der Waals surface area contributed by atoms with Gasteiger partial charge in [-0.3, -0.25) is 4.90 Å². The SMILES string of the molecule is CCCC[C@@H](O)CN(CCO)CCCc1ccc(COc2ccccc2)cc1. The van der Waals surface area contributed by atoms with Gasteiger partial charge in [0.15, 0.2) is 0 Å². The van der Waals surface area contributed by atoms with Gasteiger partial charge in [0.05, 0.1) is 12.7 Å². The summed E-state index contributed by atoms with van der Waals surface area (Å²) in [4.78, 5) is 2.17. The molecule has 0 aromatic heterocycles. The summed E-state index contributed by atoms with van der Waals surface area (Å²) in [5, 5.41) is 19.4. The third-order valence-electron chi connectivity index (χ3n) is 4.89. The summed E-state index contributed by atoms with van der Waals surface area (Å²) in [6.45, 7) is 5.01. The molecule has 154 valence electrons. The predicted molar refractivity (Wildman–Crippen MR) is 115 cm³/mol. The lowest BCUT2D eigenvalue weighted by Crippen LogP contribution is -2.35. The van der Waals surface area contributed by atoms with Crippen molar-refractivity contribution in [3.05, 3.63) is 65.7 Å². The van der Waals surface area contributed by atoms with Crippen LogP contribution in [0.3, 0.4) is 0 Å². The minimum Gasteiger partial charge on any atom is -0.489 e. The topological polar surface area (TPSA) is 52.9 Å². The molecule has 0 unspecified atom stereocenters. The molecular weight excluding hydrogens is 350 g/mol. The van der Waals surface area contributed by atoms with E-state index in [0.29, 0.717) is 19.7 Å². The Labute approximate surface area is 169 Å². The van der Waals surface area contributed by atoms with Gasteiger partial charge in [-0.05, 0) is 49.1 Å². The predicted octanol–water partition coefficient (Wildman–Crippen LogP) is 4.04. The average Bonchev–Trinajstić information content (AvgIpc) is 2.72. The molecule has 2 aromatic carbocycles. The third-order valence-corrected chi connectivity index (χ3v) is 4.89. The summed E-state index contributed by atoms with van der Waals surface area (Å²) in [5.74, 6) is 0.886. The summed E-state index contributed by atoms with van der Waals surface area (Å²) >= 11 is 0. The van der Waals surface area contributed by atoms with E-state index in [4.69, 9.17) is 4.74 Å². The molecule has 4 nitrogen and oxygen atoms in total. The van der Waals surface area contributed by atoms with Crippen LogP contribution in [0.4, 0.5) is 0 Å². The summed E-state index contributed by atoms with van der Waals surface area (Å²) < 4.78 is 5.78. The summed E-state index contributed by atoms with van der Waals surface area (Å²) in [6, 6.07) is 18.4. The molecule has 4 heteroatoms. The van der Waals surface area contributed by atoms with Crippen molar-refractivity contribution >= 4 is 0 Å². The van der Waals surface area contributed by atoms with Crippen LogP contribution in [-0.4, -0.2) is 47.5 Å². The maximum Gasteiger partial charge on any atom is 0.119 e. The average molecular weight is 386 g/mol. The van der Waals surface area contributed by atoms with Crippen molar-refractivity contribution in [2.45, 2.75) is 51.7 Å². The summed E-state index contributed by atoms with van der Waals surface area (Å²) in [5.41, 5.74) is 2.47. The molecule has 2 N–H and O–H groups in total. The minimum absolute atomic E-state index is 0.136. The van der Waals surface area contributed by atoms with Crippen LogP contribution in [0.15, 0.2) is 54.6 Å². The second kappa shape index (κ2) is 13.3. The Kier molecular flexibility index (Phi) is 10.7. The lowest BCUT2D eigenvalue weighted by Gasteiger charge is -2.24. The van der Waals surface area contributed by atoms with Crippen LogP contribution in [0.5, 0.6) is 5.75 Å². The van der Waals surface area contributed by atoms with E-state index in [1.165, 1.54) is 5.56 Å². The summed E-state index contributed by atoms with van der Waals surface area (Å²) in [7, 11) is 0. The molecule has 0 saturated carbocycles. The molecule has 0 amide bonds. The highest BCUT2D eigenvalue weighted by Gasteiger charge is 2.11. The monoisotopic (exact) mass is 385 g/mol. The van der Waals surface area contributed by atoms with Crippen LogP contribution >= 0.6 is 0 Å². The van der Waals surface area contributed by atoms with E-state index < -0.39 is 0 Å². The Bertz CT molecular complexity index is 630. The molecule has 0 aliphatic carbocycles. The van der Waals surface area contributed by atoms with E-state index in [2.05, 4.69) is 36.1 Å². The zero-order valence-electron chi connectivity index (χ0n) is 17.1. The highest BCUT2D eigenvalue weighted by Crippen LogP contribution is 2.13. The van der Waals surface area contributed by atoms with Crippen LogP contribution in [0.25, 0.3) is 0 Å². The molecule has 0 spiro atoms. The molecular formula is C24H35NO3. The fourth-order valence-electron chi connectivity index (χ4n) is 3.26. The number of unbranched alkanes of at least 4 members (excludes halogenated alkanes) is 1. The van der Waals surface area contributed by atoms with Crippen molar-refractivity contribution in [3.63, 3.8) is 0 Å². The second-order valence-corrected chi connectivity index (χ2v) is 7.34. The smallest absolute Gasteiger partial charge is 0.119 e. The maximum atomic E-state index is 10.1. The Morgan fingerprint density at radius 3 is 2.32 bits per heavy atom. The zero-order valence-corrected chi connectivity index (χ0v) is 17.1. The molecule has 0 saturated heterocycles. The first kappa shape index (κ1) is 22.4. The second-order valence-electron chi connectivity index (χ2n) is 7.34. The van der Waals surface area contributed by atoms with Crippen molar-refractivity contribution in [1.82, 2.24) is 4.90 Å². The van der Waals surface area contributed by atoms with Gasteiger partial charge in [-0.25, -0.2) is 0 Å². The van der Waals surface area contributed by atoms with Gasteiger partial charge in [0, 0.05) is 13.1 Å². The fraction of sp³-hybridized carbons (Fsp3) is 0.500. The van der Waals surface area contributed by atoms with Gasteiger partial charge in [0.1, 0.15) is 12.4 Å². The Hall–Kier alpha value is -1.88. The van der Waals surface area contributed by atoms with Gasteiger partial charge in [-0.1, -0.05) is 62.2 Å². The molecule has 0 bridgehead atoms. The van der Waals surface area contributed by atoms with Gasteiger partial charge in [-0.2, -0.15) is 0 Å². The van der Waals surface area contributed by atoms with Gasteiger partial charge in [0.25, 0.3) is 0 Å². The van der Waals surface area contributed by atoms with E-state index >= 15 is 0 Å². The van der Waals surface area contributed by atoms with Gasteiger partial charge >= 0.3 is 0 Å². The Morgan fingerprint density at radius 2 is 1.64 bits per heavy atom. The van der Waals surface area contributed by atoms with Gasteiger partial charge in [-0.15, -0.1) is 0 Å². The number of hydrogen-bond acceptors (Lipinski definition) is 4. The number of benzene rings is 2. The number of hydrogen-bond donors (Lipinski definition) is 2. The number of ether oxygens (including phenoxy) is 1. The number of aryl methyl sites for hydroxylation is 1. The molecule has 2 aromatic rings. The highest BCUT2D eigenvalue weighted by atomic mass is 16.5. The molecule has 0 aliphatic rings. The summed E-state index contributed by atoms with van der Waals surface area (Å²) in [6.07, 6.45) is 4.70. The number of aliphatic hydroxyl groups is 2. The normalized spacial score (nSPS) is 12.3. The maximum absolute atomic E-state index is 10.1. The first-order valence-corrected chi connectivity index (χ1v) is 10.5. The van der Waals surface area contributed by atoms with Crippen molar-refractivity contribution in [2.75, 3.05) is 26.2 Å². The first-order valence-electron chi connectivity index (χ1n) is 10.5. The highest BCUT2D eigenvalue weighted by molar-refractivity contribution is 5.24.